The maximum absolute atomic E-state index is 12.0. The summed E-state index contributed by atoms with van der Waals surface area (Å²) in [6.07, 6.45) is -0.720. The lowest BCUT2D eigenvalue weighted by molar-refractivity contribution is -0.131. The van der Waals surface area contributed by atoms with Crippen LogP contribution in [-0.2, 0) is 4.79 Å². The quantitative estimate of drug-likeness (QED) is 0.800. The number of aliphatic hydroxyl groups excluding tert-OH is 1. The van der Waals surface area contributed by atoms with Crippen LogP contribution in [0.25, 0.3) is 0 Å². The van der Waals surface area contributed by atoms with Gasteiger partial charge in [0.25, 0.3) is 0 Å². The van der Waals surface area contributed by atoms with Gasteiger partial charge in [-0.2, -0.15) is 0 Å². The number of amides is 1. The molecule has 2 N–H and O–H groups in total. The van der Waals surface area contributed by atoms with E-state index in [-0.39, 0.29) is 11.9 Å². The van der Waals surface area contributed by atoms with Gasteiger partial charge in [0, 0.05) is 25.7 Å². The summed E-state index contributed by atoms with van der Waals surface area (Å²) in [4.78, 5) is 13.6. The van der Waals surface area contributed by atoms with Crippen molar-refractivity contribution in [3.8, 4) is 5.75 Å². The molecule has 2 atom stereocenters. The van der Waals surface area contributed by atoms with E-state index in [2.05, 4.69) is 5.32 Å². The normalized spacial score (nSPS) is 13.6. The lowest BCUT2D eigenvalue weighted by Gasteiger charge is -2.22. The van der Waals surface area contributed by atoms with Gasteiger partial charge < -0.3 is 20.1 Å². The van der Waals surface area contributed by atoms with Crippen LogP contribution in [0.5, 0.6) is 5.75 Å². The minimum Gasteiger partial charge on any atom is -0.496 e. The van der Waals surface area contributed by atoms with Crippen LogP contribution in [-0.4, -0.2) is 49.2 Å². The standard InChI is InChI=1S/C16H26N2O3/c1-6-18(4)16(20)12(3)17-10-14(19)13-9-11(2)7-8-15(13)21-5/h7-9,12,14,17,19H,6,10H2,1-5H3. The SMILES string of the molecule is CCN(C)C(=O)C(C)NCC(O)c1cc(C)ccc1OC. The van der Waals surface area contributed by atoms with Crippen molar-refractivity contribution < 1.29 is 14.6 Å². The first-order chi connectivity index (χ1) is 9.90. The number of nitrogens with one attached hydrogen (secondary N) is 1. The summed E-state index contributed by atoms with van der Waals surface area (Å²) < 4.78 is 5.27. The number of benzene rings is 1. The Morgan fingerprint density at radius 3 is 2.71 bits per heavy atom. The van der Waals surface area contributed by atoms with Gasteiger partial charge in [-0.25, -0.2) is 0 Å². The van der Waals surface area contributed by atoms with E-state index in [0.29, 0.717) is 18.8 Å². The van der Waals surface area contributed by atoms with Crippen molar-refractivity contribution in [2.24, 2.45) is 0 Å². The molecule has 21 heavy (non-hydrogen) atoms. The first kappa shape index (κ1) is 17.5. The Bertz CT molecular complexity index is 477. The number of carbonyl (C=O) groups excluding carboxylic acids is 1. The summed E-state index contributed by atoms with van der Waals surface area (Å²) in [5, 5.41) is 13.4. The molecule has 1 aromatic rings. The summed E-state index contributed by atoms with van der Waals surface area (Å²) in [7, 11) is 3.34. The van der Waals surface area contributed by atoms with Crippen molar-refractivity contribution in [3.63, 3.8) is 0 Å². The molecule has 0 aromatic heterocycles. The van der Waals surface area contributed by atoms with E-state index in [4.69, 9.17) is 4.74 Å². The summed E-state index contributed by atoms with van der Waals surface area (Å²) in [6.45, 7) is 6.65. The third kappa shape index (κ3) is 4.72. The zero-order chi connectivity index (χ0) is 16.0. The molecule has 1 amide bonds. The molecule has 0 spiro atoms. The lowest BCUT2D eigenvalue weighted by Crippen LogP contribution is -2.44. The molecule has 118 valence electrons. The van der Waals surface area contributed by atoms with Gasteiger partial charge in [0.05, 0.1) is 19.3 Å². The Kier molecular flexibility index (Phi) is 6.65. The molecule has 5 nitrogen and oxygen atoms in total. The number of aryl methyl sites for hydroxylation is 1. The second-order valence-corrected chi connectivity index (χ2v) is 5.24. The molecule has 0 saturated heterocycles. The van der Waals surface area contributed by atoms with Crippen molar-refractivity contribution in [2.75, 3.05) is 27.2 Å². The lowest BCUT2D eigenvalue weighted by atomic mass is 10.0. The monoisotopic (exact) mass is 294 g/mol. The van der Waals surface area contributed by atoms with E-state index in [0.717, 1.165) is 11.1 Å². The minimum atomic E-state index is -0.720. The van der Waals surface area contributed by atoms with Gasteiger partial charge in [-0.3, -0.25) is 4.79 Å². The fourth-order valence-electron chi connectivity index (χ4n) is 2.09. The maximum Gasteiger partial charge on any atom is 0.239 e. The number of hydrogen-bond acceptors (Lipinski definition) is 4. The summed E-state index contributed by atoms with van der Waals surface area (Å²) in [5.74, 6) is 0.667. The third-order valence-corrected chi connectivity index (χ3v) is 3.58. The zero-order valence-corrected chi connectivity index (χ0v) is 13.5. The van der Waals surface area contributed by atoms with Crippen LogP contribution in [0.1, 0.15) is 31.1 Å². The van der Waals surface area contributed by atoms with E-state index in [1.54, 1.807) is 26.0 Å². The molecule has 1 rings (SSSR count). The number of rotatable bonds is 7. The number of ether oxygens (including phenoxy) is 1. The Morgan fingerprint density at radius 1 is 1.48 bits per heavy atom. The fourth-order valence-corrected chi connectivity index (χ4v) is 2.09. The number of methoxy groups -OCH3 is 1. The van der Waals surface area contributed by atoms with Crippen molar-refractivity contribution in [2.45, 2.75) is 32.9 Å². The predicted octanol–water partition coefficient (Wildman–Crippen LogP) is 1.49. The van der Waals surface area contributed by atoms with Gasteiger partial charge in [-0.05, 0) is 32.9 Å². The van der Waals surface area contributed by atoms with Crippen LogP contribution < -0.4 is 10.1 Å². The van der Waals surface area contributed by atoms with Crippen LogP contribution >= 0.6 is 0 Å². The van der Waals surface area contributed by atoms with Crippen LogP contribution in [0.15, 0.2) is 18.2 Å². The molecule has 0 aliphatic heterocycles. The molecule has 0 aliphatic rings. The van der Waals surface area contributed by atoms with Gasteiger partial charge in [-0.1, -0.05) is 11.6 Å². The maximum atomic E-state index is 12.0. The average Bonchev–Trinajstić information content (AvgIpc) is 2.50. The first-order valence-corrected chi connectivity index (χ1v) is 7.21. The first-order valence-electron chi connectivity index (χ1n) is 7.21. The van der Waals surface area contributed by atoms with E-state index < -0.39 is 6.10 Å². The number of aliphatic hydroxyl groups is 1. The molecule has 0 radical (unpaired) electrons. The number of carbonyl (C=O) groups is 1. The Morgan fingerprint density at radius 2 is 2.14 bits per heavy atom. The Hall–Kier alpha value is -1.59. The Labute approximate surface area is 126 Å². The van der Waals surface area contributed by atoms with Crippen LogP contribution in [0.2, 0.25) is 0 Å². The van der Waals surface area contributed by atoms with Crippen LogP contribution in [0.3, 0.4) is 0 Å². The topological polar surface area (TPSA) is 61.8 Å². The highest BCUT2D eigenvalue weighted by Gasteiger charge is 2.19. The molecule has 0 fully saturated rings. The van der Waals surface area contributed by atoms with Crippen LogP contribution in [0, 0.1) is 6.92 Å². The molecule has 0 heterocycles. The molecule has 0 aliphatic carbocycles. The second kappa shape index (κ2) is 8.00. The second-order valence-electron chi connectivity index (χ2n) is 5.24. The molecule has 0 bridgehead atoms. The highest BCUT2D eigenvalue weighted by Crippen LogP contribution is 2.25. The van der Waals surface area contributed by atoms with Crippen molar-refractivity contribution >= 4 is 5.91 Å². The highest BCUT2D eigenvalue weighted by molar-refractivity contribution is 5.81. The summed E-state index contributed by atoms with van der Waals surface area (Å²) >= 11 is 0. The summed E-state index contributed by atoms with van der Waals surface area (Å²) in [5.41, 5.74) is 1.79. The Balaban J connectivity index is 2.67. The zero-order valence-electron chi connectivity index (χ0n) is 13.5. The number of likely N-dealkylation sites (N-methyl/N-ethyl adjacent to an activating group) is 1. The van der Waals surface area contributed by atoms with Crippen molar-refractivity contribution in [1.29, 1.82) is 0 Å². The van der Waals surface area contributed by atoms with Crippen molar-refractivity contribution in [3.05, 3.63) is 29.3 Å². The van der Waals surface area contributed by atoms with Gasteiger partial charge in [0.15, 0.2) is 0 Å². The smallest absolute Gasteiger partial charge is 0.239 e. The summed E-state index contributed by atoms with van der Waals surface area (Å²) in [6, 6.07) is 5.34. The minimum absolute atomic E-state index is 0.0147. The molecule has 0 saturated carbocycles. The molecular weight excluding hydrogens is 268 g/mol. The van der Waals surface area contributed by atoms with E-state index >= 15 is 0 Å². The van der Waals surface area contributed by atoms with Crippen LogP contribution in [0.4, 0.5) is 0 Å². The largest absolute Gasteiger partial charge is 0.496 e. The highest BCUT2D eigenvalue weighted by atomic mass is 16.5. The van der Waals surface area contributed by atoms with Gasteiger partial charge >= 0.3 is 0 Å². The number of hydrogen-bond donors (Lipinski definition) is 2. The molecule has 2 unspecified atom stereocenters. The van der Waals surface area contributed by atoms with Gasteiger partial charge in [0.2, 0.25) is 5.91 Å². The van der Waals surface area contributed by atoms with E-state index in [1.807, 2.05) is 32.0 Å². The predicted molar refractivity (Wildman–Crippen MR) is 83.5 cm³/mol. The average molecular weight is 294 g/mol. The molecule has 5 heteroatoms. The van der Waals surface area contributed by atoms with Crippen molar-refractivity contribution in [1.82, 2.24) is 10.2 Å². The molecule has 1 aromatic carbocycles. The van der Waals surface area contributed by atoms with Gasteiger partial charge in [0.1, 0.15) is 5.75 Å². The molecular formula is C16H26N2O3. The van der Waals surface area contributed by atoms with Gasteiger partial charge in [-0.15, -0.1) is 0 Å². The van der Waals surface area contributed by atoms with E-state index in [1.165, 1.54) is 0 Å². The number of nitrogens with zero attached hydrogens (tertiary/aromatic N) is 1. The third-order valence-electron chi connectivity index (χ3n) is 3.58. The van der Waals surface area contributed by atoms with E-state index in [9.17, 15) is 9.90 Å². The fraction of sp³-hybridized carbons (Fsp3) is 0.562.